The third-order valence-corrected chi connectivity index (χ3v) is 4.84. The summed E-state index contributed by atoms with van der Waals surface area (Å²) in [5.74, 6) is 0.00483. The minimum Gasteiger partial charge on any atom is -0.494 e. The van der Waals surface area contributed by atoms with Crippen molar-refractivity contribution in [3.63, 3.8) is 0 Å². The third kappa shape index (κ3) is 3.90. The highest BCUT2D eigenvalue weighted by Crippen LogP contribution is 2.20. The number of amides is 1. The number of nitrogens with one attached hydrogen (secondary N) is 1. The SMILES string of the molecule is CCOc1ccc(C(=O)NS(=O)(=O)c2ccccc2C)cc1C. The summed E-state index contributed by atoms with van der Waals surface area (Å²) >= 11 is 0. The highest BCUT2D eigenvalue weighted by Gasteiger charge is 2.20. The number of carbonyl (C=O) groups excluding carboxylic acids is 1. The van der Waals surface area contributed by atoms with Crippen LogP contribution in [0.5, 0.6) is 5.75 Å². The van der Waals surface area contributed by atoms with Crippen LogP contribution in [0, 0.1) is 13.8 Å². The van der Waals surface area contributed by atoms with E-state index in [9.17, 15) is 13.2 Å². The number of hydrogen-bond donors (Lipinski definition) is 1. The summed E-state index contributed by atoms with van der Waals surface area (Å²) < 4.78 is 32.2. The van der Waals surface area contributed by atoms with Crippen molar-refractivity contribution < 1.29 is 17.9 Å². The van der Waals surface area contributed by atoms with Crippen molar-refractivity contribution in [1.82, 2.24) is 4.72 Å². The first-order valence-corrected chi connectivity index (χ1v) is 8.69. The maximum Gasteiger partial charge on any atom is 0.265 e. The molecule has 23 heavy (non-hydrogen) atoms. The van der Waals surface area contributed by atoms with E-state index in [4.69, 9.17) is 4.74 Å². The normalized spacial score (nSPS) is 11.1. The predicted molar refractivity (Wildman–Crippen MR) is 88.2 cm³/mol. The van der Waals surface area contributed by atoms with E-state index in [-0.39, 0.29) is 10.5 Å². The molecule has 1 amide bonds. The highest BCUT2D eigenvalue weighted by molar-refractivity contribution is 7.90. The molecule has 0 heterocycles. The fraction of sp³-hybridized carbons (Fsp3) is 0.235. The van der Waals surface area contributed by atoms with E-state index in [0.717, 1.165) is 5.56 Å². The van der Waals surface area contributed by atoms with Crippen LogP contribution in [0.15, 0.2) is 47.4 Å². The minimum absolute atomic E-state index is 0.0935. The fourth-order valence-electron chi connectivity index (χ4n) is 2.20. The molecule has 5 nitrogen and oxygen atoms in total. The Hall–Kier alpha value is -2.34. The second-order valence-electron chi connectivity index (χ2n) is 5.11. The van der Waals surface area contributed by atoms with Gasteiger partial charge in [-0.15, -0.1) is 0 Å². The van der Waals surface area contributed by atoms with E-state index in [1.54, 1.807) is 50.2 Å². The smallest absolute Gasteiger partial charge is 0.265 e. The molecule has 0 fully saturated rings. The van der Waals surface area contributed by atoms with Crippen LogP contribution >= 0.6 is 0 Å². The molecule has 0 atom stereocenters. The molecule has 2 aromatic rings. The molecule has 122 valence electrons. The second-order valence-corrected chi connectivity index (χ2v) is 6.76. The highest BCUT2D eigenvalue weighted by atomic mass is 32.2. The minimum atomic E-state index is -3.90. The van der Waals surface area contributed by atoms with Crippen LogP contribution in [0.25, 0.3) is 0 Å². The second kappa shape index (κ2) is 6.83. The molecule has 0 saturated carbocycles. The van der Waals surface area contributed by atoms with Crippen LogP contribution < -0.4 is 9.46 Å². The van der Waals surface area contributed by atoms with Crippen LogP contribution in [0.2, 0.25) is 0 Å². The number of rotatable bonds is 5. The van der Waals surface area contributed by atoms with Gasteiger partial charge in [0.15, 0.2) is 0 Å². The third-order valence-electron chi connectivity index (χ3n) is 3.35. The topological polar surface area (TPSA) is 72.5 Å². The monoisotopic (exact) mass is 333 g/mol. The van der Waals surface area contributed by atoms with Gasteiger partial charge in [-0.2, -0.15) is 0 Å². The first-order valence-electron chi connectivity index (χ1n) is 7.21. The number of hydrogen-bond acceptors (Lipinski definition) is 4. The number of aryl methyl sites for hydroxylation is 2. The summed E-state index contributed by atoms with van der Waals surface area (Å²) in [6.07, 6.45) is 0. The molecule has 2 aromatic carbocycles. The van der Waals surface area contributed by atoms with E-state index in [2.05, 4.69) is 4.72 Å². The van der Waals surface area contributed by atoms with Gasteiger partial charge in [0.2, 0.25) is 0 Å². The lowest BCUT2D eigenvalue weighted by Gasteiger charge is -2.11. The van der Waals surface area contributed by atoms with Crippen LogP contribution in [-0.4, -0.2) is 20.9 Å². The van der Waals surface area contributed by atoms with Gasteiger partial charge in [0.05, 0.1) is 11.5 Å². The molecule has 6 heteroatoms. The first-order chi connectivity index (χ1) is 10.8. The first kappa shape index (κ1) is 17.0. The lowest BCUT2D eigenvalue weighted by atomic mass is 10.1. The lowest BCUT2D eigenvalue weighted by Crippen LogP contribution is -2.31. The van der Waals surface area contributed by atoms with Crippen LogP contribution in [-0.2, 0) is 10.0 Å². The summed E-state index contributed by atoms with van der Waals surface area (Å²) in [7, 11) is -3.90. The fourth-order valence-corrected chi connectivity index (χ4v) is 3.42. The lowest BCUT2D eigenvalue weighted by molar-refractivity contribution is 0.0981. The van der Waals surface area contributed by atoms with Crippen LogP contribution in [0.3, 0.4) is 0 Å². The molecule has 0 spiro atoms. The van der Waals surface area contributed by atoms with Gasteiger partial charge in [-0.1, -0.05) is 18.2 Å². The molecule has 0 aliphatic rings. The standard InChI is InChI=1S/C17H19NO4S/c1-4-22-15-10-9-14(11-13(15)3)17(19)18-23(20,21)16-8-6-5-7-12(16)2/h5-11H,4H2,1-3H3,(H,18,19). The molecule has 2 rings (SSSR count). The Balaban J connectivity index is 2.25. The van der Waals surface area contributed by atoms with Gasteiger partial charge in [0.25, 0.3) is 15.9 Å². The Bertz CT molecular complexity index is 828. The van der Waals surface area contributed by atoms with Crippen molar-refractivity contribution in [3.8, 4) is 5.75 Å². The number of sulfonamides is 1. The molecule has 0 unspecified atom stereocenters. The van der Waals surface area contributed by atoms with E-state index in [0.29, 0.717) is 17.9 Å². The zero-order valence-electron chi connectivity index (χ0n) is 13.3. The molecule has 0 aromatic heterocycles. The number of benzene rings is 2. The molecule has 0 radical (unpaired) electrons. The molecule has 0 aliphatic carbocycles. The number of carbonyl (C=O) groups is 1. The summed E-state index contributed by atoms with van der Waals surface area (Å²) in [4.78, 5) is 12.3. The van der Waals surface area contributed by atoms with Gasteiger partial charge < -0.3 is 4.74 Å². The Morgan fingerprint density at radius 2 is 1.78 bits per heavy atom. The Labute approximate surface area is 136 Å². The van der Waals surface area contributed by atoms with Gasteiger partial charge in [-0.3, -0.25) is 4.79 Å². The quantitative estimate of drug-likeness (QED) is 0.913. The van der Waals surface area contributed by atoms with Gasteiger partial charge in [0, 0.05) is 5.56 Å². The maximum atomic E-state index is 12.3. The zero-order valence-corrected chi connectivity index (χ0v) is 14.1. The average molecular weight is 333 g/mol. The molecular formula is C17H19NO4S. The molecule has 0 aliphatic heterocycles. The van der Waals surface area contributed by atoms with Crippen molar-refractivity contribution in [2.24, 2.45) is 0 Å². The molecular weight excluding hydrogens is 314 g/mol. The molecule has 0 bridgehead atoms. The average Bonchev–Trinajstić information content (AvgIpc) is 2.49. The van der Waals surface area contributed by atoms with Crippen molar-refractivity contribution in [3.05, 3.63) is 59.2 Å². The largest absolute Gasteiger partial charge is 0.494 e. The summed E-state index contributed by atoms with van der Waals surface area (Å²) in [5.41, 5.74) is 1.62. The Morgan fingerprint density at radius 1 is 1.09 bits per heavy atom. The van der Waals surface area contributed by atoms with Crippen molar-refractivity contribution in [1.29, 1.82) is 0 Å². The predicted octanol–water partition coefficient (Wildman–Crippen LogP) is 2.82. The van der Waals surface area contributed by atoms with E-state index in [1.807, 2.05) is 6.92 Å². The van der Waals surface area contributed by atoms with Gasteiger partial charge in [-0.05, 0) is 56.2 Å². The van der Waals surface area contributed by atoms with Gasteiger partial charge in [0.1, 0.15) is 5.75 Å². The maximum absolute atomic E-state index is 12.3. The Kier molecular flexibility index (Phi) is 5.05. The van der Waals surface area contributed by atoms with E-state index >= 15 is 0 Å². The number of ether oxygens (including phenoxy) is 1. The van der Waals surface area contributed by atoms with Crippen LogP contribution in [0.4, 0.5) is 0 Å². The van der Waals surface area contributed by atoms with Crippen molar-refractivity contribution >= 4 is 15.9 Å². The van der Waals surface area contributed by atoms with Crippen molar-refractivity contribution in [2.75, 3.05) is 6.61 Å². The van der Waals surface area contributed by atoms with Crippen LogP contribution in [0.1, 0.15) is 28.4 Å². The Morgan fingerprint density at radius 3 is 2.39 bits per heavy atom. The van der Waals surface area contributed by atoms with E-state index in [1.165, 1.54) is 6.07 Å². The molecule has 0 saturated heterocycles. The van der Waals surface area contributed by atoms with Crippen molar-refractivity contribution in [2.45, 2.75) is 25.7 Å². The van der Waals surface area contributed by atoms with Gasteiger partial charge >= 0.3 is 0 Å². The molecule has 1 N–H and O–H groups in total. The zero-order chi connectivity index (χ0) is 17.0. The summed E-state index contributed by atoms with van der Waals surface area (Å²) in [6, 6.07) is 11.3. The van der Waals surface area contributed by atoms with E-state index < -0.39 is 15.9 Å². The summed E-state index contributed by atoms with van der Waals surface area (Å²) in [6.45, 7) is 5.88. The summed E-state index contributed by atoms with van der Waals surface area (Å²) in [5, 5.41) is 0. The van der Waals surface area contributed by atoms with Gasteiger partial charge in [-0.25, -0.2) is 13.1 Å².